The van der Waals surface area contributed by atoms with Crippen molar-refractivity contribution in [1.82, 2.24) is 0 Å². The standard InChI is InChI=1S/C13H13F3N2/c1-18(11-4-2-9(8-17)3-5-11)12-6-10(7-12)13(14,15)16/h2-5,10,12H,6-7H2,1H3. The first kappa shape index (κ1) is 12.7. The lowest BCUT2D eigenvalue weighted by Crippen LogP contribution is -2.47. The van der Waals surface area contributed by atoms with Crippen molar-refractivity contribution in [2.45, 2.75) is 25.1 Å². The van der Waals surface area contributed by atoms with Crippen LogP contribution in [0.2, 0.25) is 0 Å². The van der Waals surface area contributed by atoms with E-state index in [1.54, 1.807) is 31.3 Å². The van der Waals surface area contributed by atoms with Gasteiger partial charge in [0.05, 0.1) is 17.6 Å². The molecule has 1 aromatic rings. The molecule has 5 heteroatoms. The number of alkyl halides is 3. The van der Waals surface area contributed by atoms with E-state index in [0.29, 0.717) is 5.56 Å². The van der Waals surface area contributed by atoms with Crippen molar-refractivity contribution in [2.75, 3.05) is 11.9 Å². The molecular weight excluding hydrogens is 241 g/mol. The molecule has 0 heterocycles. The zero-order valence-corrected chi connectivity index (χ0v) is 9.91. The fraction of sp³-hybridized carbons (Fsp3) is 0.462. The number of benzene rings is 1. The Morgan fingerprint density at radius 3 is 2.22 bits per heavy atom. The molecule has 2 nitrogen and oxygen atoms in total. The first-order valence-corrected chi connectivity index (χ1v) is 5.71. The Balaban J connectivity index is 1.97. The van der Waals surface area contributed by atoms with Gasteiger partial charge in [-0.2, -0.15) is 18.4 Å². The van der Waals surface area contributed by atoms with Crippen LogP contribution in [0.25, 0.3) is 0 Å². The zero-order chi connectivity index (χ0) is 13.3. The predicted octanol–water partition coefficient (Wildman–Crippen LogP) is 3.34. The third-order valence-electron chi connectivity index (χ3n) is 3.53. The van der Waals surface area contributed by atoms with Gasteiger partial charge in [-0.1, -0.05) is 0 Å². The average Bonchev–Trinajstić information content (AvgIpc) is 2.25. The van der Waals surface area contributed by atoms with Gasteiger partial charge in [0.2, 0.25) is 0 Å². The van der Waals surface area contributed by atoms with Crippen LogP contribution in [0.3, 0.4) is 0 Å². The number of nitrogens with zero attached hydrogens (tertiary/aromatic N) is 2. The average molecular weight is 254 g/mol. The molecule has 1 aliphatic rings. The highest BCUT2D eigenvalue weighted by Crippen LogP contribution is 2.43. The van der Waals surface area contributed by atoms with E-state index in [4.69, 9.17) is 5.26 Å². The van der Waals surface area contributed by atoms with Gasteiger partial charge in [-0.3, -0.25) is 0 Å². The molecule has 1 aromatic carbocycles. The third-order valence-corrected chi connectivity index (χ3v) is 3.53. The molecule has 0 saturated heterocycles. The van der Waals surface area contributed by atoms with Crippen LogP contribution in [0.5, 0.6) is 0 Å². The van der Waals surface area contributed by atoms with Crippen molar-refractivity contribution in [2.24, 2.45) is 5.92 Å². The Kier molecular flexibility index (Phi) is 3.20. The molecule has 1 saturated carbocycles. The minimum Gasteiger partial charge on any atom is -0.372 e. The van der Waals surface area contributed by atoms with Crippen LogP contribution in [0.1, 0.15) is 18.4 Å². The van der Waals surface area contributed by atoms with Crippen molar-refractivity contribution < 1.29 is 13.2 Å². The molecule has 0 aliphatic heterocycles. The van der Waals surface area contributed by atoms with Gasteiger partial charge in [-0.05, 0) is 37.1 Å². The van der Waals surface area contributed by atoms with Gasteiger partial charge < -0.3 is 4.90 Å². The summed E-state index contributed by atoms with van der Waals surface area (Å²) >= 11 is 0. The molecule has 0 unspecified atom stereocenters. The van der Waals surface area contributed by atoms with Crippen molar-refractivity contribution in [3.8, 4) is 6.07 Å². The Bertz CT molecular complexity index is 453. The first-order valence-electron chi connectivity index (χ1n) is 5.71. The quantitative estimate of drug-likeness (QED) is 0.809. The predicted molar refractivity (Wildman–Crippen MR) is 62.1 cm³/mol. The van der Waals surface area contributed by atoms with Crippen LogP contribution in [-0.4, -0.2) is 19.3 Å². The van der Waals surface area contributed by atoms with Gasteiger partial charge >= 0.3 is 6.18 Å². The van der Waals surface area contributed by atoms with Crippen LogP contribution in [-0.2, 0) is 0 Å². The smallest absolute Gasteiger partial charge is 0.372 e. The molecule has 0 atom stereocenters. The van der Waals surface area contributed by atoms with Crippen molar-refractivity contribution >= 4 is 5.69 Å². The zero-order valence-electron chi connectivity index (χ0n) is 9.91. The number of hydrogen-bond acceptors (Lipinski definition) is 2. The largest absolute Gasteiger partial charge is 0.391 e. The van der Waals surface area contributed by atoms with Gasteiger partial charge in [0.25, 0.3) is 0 Å². The van der Waals surface area contributed by atoms with Gasteiger partial charge in [0.1, 0.15) is 0 Å². The maximum atomic E-state index is 12.4. The van der Waals surface area contributed by atoms with E-state index in [1.807, 2.05) is 11.0 Å². The van der Waals surface area contributed by atoms with E-state index in [1.165, 1.54) is 0 Å². The molecule has 0 N–H and O–H groups in total. The number of nitriles is 1. The molecule has 0 bridgehead atoms. The van der Waals surface area contributed by atoms with Gasteiger partial charge in [-0.15, -0.1) is 0 Å². The first-order chi connectivity index (χ1) is 8.41. The van der Waals surface area contributed by atoms with Gasteiger partial charge in [0.15, 0.2) is 0 Å². The summed E-state index contributed by atoms with van der Waals surface area (Å²) in [5, 5.41) is 8.67. The Hall–Kier alpha value is -1.70. The molecule has 1 fully saturated rings. The van der Waals surface area contributed by atoms with E-state index >= 15 is 0 Å². The van der Waals surface area contributed by atoms with Crippen molar-refractivity contribution in [3.63, 3.8) is 0 Å². The lowest BCUT2D eigenvalue weighted by atomic mass is 9.79. The Morgan fingerprint density at radius 2 is 1.78 bits per heavy atom. The highest BCUT2D eigenvalue weighted by atomic mass is 19.4. The van der Waals surface area contributed by atoms with Crippen molar-refractivity contribution in [1.29, 1.82) is 5.26 Å². The molecule has 0 radical (unpaired) electrons. The second kappa shape index (κ2) is 4.52. The molecular formula is C13H13F3N2. The molecule has 0 spiro atoms. The topological polar surface area (TPSA) is 27.0 Å². The van der Waals surface area contributed by atoms with Crippen LogP contribution >= 0.6 is 0 Å². The highest BCUT2D eigenvalue weighted by molar-refractivity contribution is 5.50. The van der Waals surface area contributed by atoms with Crippen LogP contribution < -0.4 is 4.90 Å². The molecule has 96 valence electrons. The summed E-state index contributed by atoms with van der Waals surface area (Å²) in [6, 6.07) is 8.82. The number of rotatable bonds is 2. The number of anilines is 1. The van der Waals surface area contributed by atoms with Crippen molar-refractivity contribution in [3.05, 3.63) is 29.8 Å². The minimum atomic E-state index is -4.07. The van der Waals surface area contributed by atoms with Gasteiger partial charge in [-0.25, -0.2) is 0 Å². The van der Waals surface area contributed by atoms with E-state index in [9.17, 15) is 13.2 Å². The summed E-state index contributed by atoms with van der Waals surface area (Å²) in [6.45, 7) is 0. The number of hydrogen-bond donors (Lipinski definition) is 0. The third kappa shape index (κ3) is 2.42. The molecule has 1 aliphatic carbocycles. The Labute approximate surface area is 104 Å². The van der Waals surface area contributed by atoms with Gasteiger partial charge in [0, 0.05) is 18.8 Å². The van der Waals surface area contributed by atoms with Crippen LogP contribution in [0.15, 0.2) is 24.3 Å². The lowest BCUT2D eigenvalue weighted by Gasteiger charge is -2.42. The van der Waals surface area contributed by atoms with Crippen LogP contribution in [0, 0.1) is 17.2 Å². The van der Waals surface area contributed by atoms with Crippen LogP contribution in [0.4, 0.5) is 18.9 Å². The molecule has 0 amide bonds. The summed E-state index contributed by atoms with van der Waals surface area (Å²) in [7, 11) is 1.79. The Morgan fingerprint density at radius 1 is 1.22 bits per heavy atom. The summed E-state index contributed by atoms with van der Waals surface area (Å²) in [4.78, 5) is 1.85. The molecule has 18 heavy (non-hydrogen) atoms. The monoisotopic (exact) mass is 254 g/mol. The molecule has 2 rings (SSSR count). The highest BCUT2D eigenvalue weighted by Gasteiger charge is 2.48. The summed E-state index contributed by atoms with van der Waals surface area (Å²) < 4.78 is 37.2. The van der Waals surface area contributed by atoms with E-state index in [0.717, 1.165) is 5.69 Å². The summed E-state index contributed by atoms with van der Waals surface area (Å²) in [5.41, 5.74) is 1.40. The van der Waals surface area contributed by atoms with E-state index in [-0.39, 0.29) is 18.9 Å². The minimum absolute atomic E-state index is 0.0652. The van der Waals surface area contributed by atoms with E-state index < -0.39 is 12.1 Å². The second-order valence-corrected chi connectivity index (χ2v) is 4.63. The maximum Gasteiger partial charge on any atom is 0.391 e. The van der Waals surface area contributed by atoms with E-state index in [2.05, 4.69) is 0 Å². The summed E-state index contributed by atoms with van der Waals surface area (Å²) in [5.74, 6) is -1.16. The normalized spacial score (nSPS) is 23.1. The summed E-state index contributed by atoms with van der Waals surface area (Å²) in [6.07, 6.45) is -3.76. The lowest BCUT2D eigenvalue weighted by molar-refractivity contribution is -0.196. The fourth-order valence-electron chi connectivity index (χ4n) is 2.15. The second-order valence-electron chi connectivity index (χ2n) is 4.63. The number of halogens is 3. The fourth-order valence-corrected chi connectivity index (χ4v) is 2.15. The molecule has 0 aromatic heterocycles. The maximum absolute atomic E-state index is 12.4. The SMILES string of the molecule is CN(c1ccc(C#N)cc1)C1CC(C(F)(F)F)C1.